The highest BCUT2D eigenvalue weighted by atomic mass is 16.3. The maximum atomic E-state index is 12.5. The van der Waals surface area contributed by atoms with Crippen LogP contribution in [0.15, 0.2) is 30.3 Å². The van der Waals surface area contributed by atoms with Gasteiger partial charge < -0.3 is 10.0 Å². The summed E-state index contributed by atoms with van der Waals surface area (Å²) >= 11 is 0. The van der Waals surface area contributed by atoms with Gasteiger partial charge in [-0.2, -0.15) is 0 Å². The second-order valence-electron chi connectivity index (χ2n) is 5.29. The van der Waals surface area contributed by atoms with Gasteiger partial charge in [-0.25, -0.2) is 0 Å². The zero-order valence-corrected chi connectivity index (χ0v) is 10.2. The maximum Gasteiger partial charge on any atom is 0.238 e. The van der Waals surface area contributed by atoms with Gasteiger partial charge in [-0.15, -0.1) is 0 Å². The van der Waals surface area contributed by atoms with Crippen LogP contribution in [-0.4, -0.2) is 39.9 Å². The van der Waals surface area contributed by atoms with Gasteiger partial charge in [-0.05, 0) is 12.5 Å². The van der Waals surface area contributed by atoms with Crippen LogP contribution in [0.1, 0.15) is 24.8 Å². The van der Waals surface area contributed by atoms with E-state index >= 15 is 0 Å². The minimum Gasteiger partial charge on any atom is -0.391 e. The molecule has 3 atom stereocenters. The van der Waals surface area contributed by atoms with Crippen LogP contribution in [0.2, 0.25) is 0 Å². The molecule has 2 saturated heterocycles. The Bertz CT molecular complexity index is 513. The van der Waals surface area contributed by atoms with Crippen LogP contribution in [-0.2, 0) is 9.59 Å². The van der Waals surface area contributed by atoms with E-state index in [0.717, 1.165) is 5.56 Å². The van der Waals surface area contributed by atoms with Crippen LogP contribution in [0, 0.1) is 0 Å². The largest absolute Gasteiger partial charge is 0.391 e. The zero-order chi connectivity index (χ0) is 12.9. The molecule has 0 radical (unpaired) electrons. The SMILES string of the molecule is CC12CC(O)CN1C(=O)C(c1ccccc1)C2=O. The lowest BCUT2D eigenvalue weighted by molar-refractivity contribution is -0.130. The Labute approximate surface area is 105 Å². The Morgan fingerprint density at radius 1 is 1.28 bits per heavy atom. The molecular formula is C14H15NO3. The van der Waals surface area contributed by atoms with E-state index < -0.39 is 17.6 Å². The van der Waals surface area contributed by atoms with Gasteiger partial charge in [0.2, 0.25) is 5.91 Å². The van der Waals surface area contributed by atoms with Gasteiger partial charge in [0.05, 0.1) is 6.10 Å². The van der Waals surface area contributed by atoms with Crippen LogP contribution in [0.25, 0.3) is 0 Å². The Morgan fingerprint density at radius 3 is 2.56 bits per heavy atom. The van der Waals surface area contributed by atoms with Gasteiger partial charge in [0.25, 0.3) is 0 Å². The highest BCUT2D eigenvalue weighted by Crippen LogP contribution is 2.43. The highest BCUT2D eigenvalue weighted by molar-refractivity contribution is 6.17. The number of hydrogen-bond acceptors (Lipinski definition) is 3. The van der Waals surface area contributed by atoms with Crippen LogP contribution in [0.4, 0.5) is 0 Å². The number of aliphatic hydroxyl groups is 1. The third kappa shape index (κ3) is 1.35. The van der Waals surface area contributed by atoms with Crippen molar-refractivity contribution in [3.05, 3.63) is 35.9 Å². The average Bonchev–Trinajstić information content (AvgIpc) is 2.74. The monoisotopic (exact) mass is 245 g/mol. The Kier molecular flexibility index (Phi) is 2.32. The fourth-order valence-electron chi connectivity index (χ4n) is 3.13. The molecule has 1 N–H and O–H groups in total. The van der Waals surface area contributed by atoms with Crippen molar-refractivity contribution >= 4 is 11.7 Å². The number of amides is 1. The fraction of sp³-hybridized carbons (Fsp3) is 0.429. The van der Waals surface area contributed by atoms with E-state index in [-0.39, 0.29) is 18.2 Å². The van der Waals surface area contributed by atoms with Crippen molar-refractivity contribution in [2.45, 2.75) is 30.9 Å². The summed E-state index contributed by atoms with van der Waals surface area (Å²) in [6.45, 7) is 2.02. The Morgan fingerprint density at radius 2 is 1.94 bits per heavy atom. The van der Waals surface area contributed by atoms with Crippen LogP contribution >= 0.6 is 0 Å². The molecule has 0 bridgehead atoms. The van der Waals surface area contributed by atoms with Gasteiger partial charge in [0, 0.05) is 13.0 Å². The molecule has 2 aliphatic heterocycles. The van der Waals surface area contributed by atoms with Crippen molar-refractivity contribution in [2.75, 3.05) is 6.54 Å². The molecule has 1 aromatic rings. The summed E-state index contributed by atoms with van der Waals surface area (Å²) < 4.78 is 0. The first-order valence-electron chi connectivity index (χ1n) is 6.13. The van der Waals surface area contributed by atoms with Gasteiger partial charge in [-0.1, -0.05) is 30.3 Å². The molecular weight excluding hydrogens is 230 g/mol. The van der Waals surface area contributed by atoms with Crippen molar-refractivity contribution in [3.8, 4) is 0 Å². The number of hydrogen-bond donors (Lipinski definition) is 1. The summed E-state index contributed by atoms with van der Waals surface area (Å²) in [6, 6.07) is 9.14. The smallest absolute Gasteiger partial charge is 0.238 e. The summed E-state index contributed by atoms with van der Waals surface area (Å²) in [4.78, 5) is 26.4. The lowest BCUT2D eigenvalue weighted by atomic mass is 9.86. The quantitative estimate of drug-likeness (QED) is 0.741. The summed E-state index contributed by atoms with van der Waals surface area (Å²) in [7, 11) is 0. The van der Waals surface area contributed by atoms with Crippen LogP contribution in [0.3, 0.4) is 0 Å². The number of carbonyl (C=O) groups is 2. The maximum absolute atomic E-state index is 12.5. The normalized spacial score (nSPS) is 35.1. The molecule has 4 nitrogen and oxygen atoms in total. The molecule has 18 heavy (non-hydrogen) atoms. The summed E-state index contributed by atoms with van der Waals surface area (Å²) in [6.07, 6.45) is -0.236. The van der Waals surface area contributed by atoms with E-state index in [2.05, 4.69) is 0 Å². The van der Waals surface area contributed by atoms with E-state index in [9.17, 15) is 14.7 Å². The van der Waals surface area contributed by atoms with Crippen molar-refractivity contribution in [3.63, 3.8) is 0 Å². The number of benzene rings is 1. The molecule has 3 rings (SSSR count). The van der Waals surface area contributed by atoms with E-state index in [4.69, 9.17) is 0 Å². The van der Waals surface area contributed by atoms with Crippen LogP contribution in [0.5, 0.6) is 0 Å². The number of ketones is 1. The minimum absolute atomic E-state index is 0.0877. The van der Waals surface area contributed by atoms with Crippen molar-refractivity contribution in [1.82, 2.24) is 4.90 Å². The molecule has 2 heterocycles. The number of fused-ring (bicyclic) bond motifs is 1. The molecule has 0 spiro atoms. The minimum atomic E-state index is -0.822. The number of β-amino-alcohol motifs (C(OH)–C–C–N with tert-alkyl or cyclic N) is 1. The number of carbonyl (C=O) groups excluding carboxylic acids is 2. The number of aliphatic hydroxyl groups excluding tert-OH is 1. The third-order valence-corrected chi connectivity index (χ3v) is 4.06. The molecule has 0 aromatic heterocycles. The number of rotatable bonds is 1. The average molecular weight is 245 g/mol. The van der Waals surface area contributed by atoms with E-state index in [1.165, 1.54) is 4.90 Å². The van der Waals surface area contributed by atoms with Gasteiger partial charge in [0.15, 0.2) is 5.78 Å². The number of nitrogens with zero attached hydrogens (tertiary/aromatic N) is 1. The molecule has 3 unspecified atom stereocenters. The molecule has 1 aromatic carbocycles. The first-order valence-corrected chi connectivity index (χ1v) is 6.13. The first kappa shape index (κ1) is 11.4. The lowest BCUT2D eigenvalue weighted by Crippen LogP contribution is -2.41. The van der Waals surface area contributed by atoms with Crippen molar-refractivity contribution in [1.29, 1.82) is 0 Å². The van der Waals surface area contributed by atoms with Crippen molar-refractivity contribution in [2.24, 2.45) is 0 Å². The van der Waals surface area contributed by atoms with E-state index in [1.807, 2.05) is 30.3 Å². The highest BCUT2D eigenvalue weighted by Gasteiger charge is 2.59. The van der Waals surface area contributed by atoms with E-state index in [0.29, 0.717) is 6.42 Å². The topological polar surface area (TPSA) is 57.6 Å². The Balaban J connectivity index is 2.02. The molecule has 2 fully saturated rings. The predicted octanol–water partition coefficient (Wildman–Crippen LogP) is 0.705. The second kappa shape index (κ2) is 3.65. The summed E-state index contributed by atoms with van der Waals surface area (Å²) in [5.41, 5.74) is -0.0746. The molecule has 0 saturated carbocycles. The molecule has 94 valence electrons. The molecule has 4 heteroatoms. The van der Waals surface area contributed by atoms with E-state index in [1.54, 1.807) is 6.92 Å². The second-order valence-corrected chi connectivity index (χ2v) is 5.29. The van der Waals surface area contributed by atoms with Gasteiger partial charge >= 0.3 is 0 Å². The zero-order valence-electron chi connectivity index (χ0n) is 10.2. The summed E-state index contributed by atoms with van der Waals surface area (Å²) in [5, 5.41) is 9.65. The van der Waals surface area contributed by atoms with Crippen LogP contribution < -0.4 is 0 Å². The molecule has 1 amide bonds. The standard InChI is InChI=1S/C14H15NO3/c1-14-7-10(16)8-15(14)13(18)11(12(14)17)9-5-3-2-4-6-9/h2-6,10-11,16H,7-8H2,1H3. The summed E-state index contributed by atoms with van der Waals surface area (Å²) in [5.74, 6) is -0.954. The van der Waals surface area contributed by atoms with Gasteiger partial charge in [0.1, 0.15) is 11.5 Å². The Hall–Kier alpha value is -1.68. The van der Waals surface area contributed by atoms with Gasteiger partial charge in [-0.3, -0.25) is 9.59 Å². The first-order chi connectivity index (χ1) is 8.54. The third-order valence-electron chi connectivity index (χ3n) is 4.06. The molecule has 0 aliphatic carbocycles. The lowest BCUT2D eigenvalue weighted by Gasteiger charge is -2.24. The number of Topliss-reactive ketones (excluding diaryl/α,β-unsaturated/α-hetero) is 1. The van der Waals surface area contributed by atoms with Crippen molar-refractivity contribution < 1.29 is 14.7 Å². The fourth-order valence-corrected chi connectivity index (χ4v) is 3.13. The molecule has 2 aliphatic rings. The predicted molar refractivity (Wildman–Crippen MR) is 64.9 cm³/mol.